The zero-order chi connectivity index (χ0) is 10.9. The first-order valence-corrected chi connectivity index (χ1v) is 5.80. The lowest BCUT2D eigenvalue weighted by molar-refractivity contribution is 0.466. The van der Waals surface area contributed by atoms with Gasteiger partial charge in [-0.3, -0.25) is 0 Å². The highest BCUT2D eigenvalue weighted by Crippen LogP contribution is 2.23. The molecular weight excluding hydrogens is 202 g/mol. The van der Waals surface area contributed by atoms with E-state index in [9.17, 15) is 13.5 Å². The van der Waals surface area contributed by atoms with Crippen molar-refractivity contribution in [2.75, 3.05) is 0 Å². The highest BCUT2D eigenvalue weighted by atomic mass is 32.2. The van der Waals surface area contributed by atoms with Crippen LogP contribution in [0.1, 0.15) is 16.7 Å². The van der Waals surface area contributed by atoms with Gasteiger partial charge in [-0.2, -0.15) is 0 Å². The number of primary sulfonamides is 1. The Morgan fingerprint density at radius 2 is 1.71 bits per heavy atom. The van der Waals surface area contributed by atoms with E-state index in [-0.39, 0.29) is 11.5 Å². The number of sulfonamides is 1. The second-order valence-corrected chi connectivity index (χ2v) is 5.00. The molecule has 0 radical (unpaired) electrons. The van der Waals surface area contributed by atoms with E-state index >= 15 is 0 Å². The molecule has 0 bridgehead atoms. The third-order valence-electron chi connectivity index (χ3n) is 1.92. The van der Waals surface area contributed by atoms with Gasteiger partial charge in [0.1, 0.15) is 5.75 Å². The van der Waals surface area contributed by atoms with Crippen LogP contribution >= 0.6 is 0 Å². The summed E-state index contributed by atoms with van der Waals surface area (Å²) in [4.78, 5) is 0. The minimum absolute atomic E-state index is 0.197. The van der Waals surface area contributed by atoms with E-state index in [1.54, 1.807) is 26.0 Å². The first kappa shape index (κ1) is 11.0. The second kappa shape index (κ2) is 3.59. The molecule has 0 unspecified atom stereocenters. The number of phenolic OH excluding ortho intramolecular Hbond substituents is 1. The molecule has 14 heavy (non-hydrogen) atoms. The van der Waals surface area contributed by atoms with Gasteiger partial charge in [0.2, 0.25) is 10.0 Å². The van der Waals surface area contributed by atoms with Crippen molar-refractivity contribution in [3.8, 4) is 5.75 Å². The Morgan fingerprint density at radius 3 is 2.07 bits per heavy atom. The monoisotopic (exact) mass is 215 g/mol. The summed E-state index contributed by atoms with van der Waals surface area (Å²) >= 11 is 0. The van der Waals surface area contributed by atoms with Crippen LogP contribution in [0.5, 0.6) is 5.75 Å². The summed E-state index contributed by atoms with van der Waals surface area (Å²) in [6.07, 6.45) is 0. The third kappa shape index (κ3) is 2.71. The number of nitrogens with two attached hydrogens (primary N) is 1. The minimum Gasteiger partial charge on any atom is -0.507 e. The predicted molar refractivity (Wildman–Crippen MR) is 54.4 cm³/mol. The minimum atomic E-state index is -3.51. The smallest absolute Gasteiger partial charge is 0.213 e. The van der Waals surface area contributed by atoms with Crippen LogP contribution in [0.25, 0.3) is 0 Å². The van der Waals surface area contributed by atoms with Gasteiger partial charge in [0, 0.05) is 0 Å². The summed E-state index contributed by atoms with van der Waals surface area (Å²) in [5.74, 6) is -0.00207. The summed E-state index contributed by atoms with van der Waals surface area (Å²) in [5.41, 5.74) is 1.91. The van der Waals surface area contributed by atoms with E-state index in [0.717, 1.165) is 0 Å². The molecule has 0 aliphatic heterocycles. The molecule has 0 saturated heterocycles. The fourth-order valence-electron chi connectivity index (χ4n) is 1.36. The first-order chi connectivity index (χ1) is 6.29. The molecule has 0 heterocycles. The molecule has 5 heteroatoms. The predicted octanol–water partition coefficient (Wildman–Crippen LogP) is 0.798. The molecule has 0 fully saturated rings. The summed E-state index contributed by atoms with van der Waals surface area (Å²) < 4.78 is 21.6. The Balaban J connectivity index is 3.14. The van der Waals surface area contributed by atoms with Crippen LogP contribution in [0.2, 0.25) is 0 Å². The number of phenols is 1. The van der Waals surface area contributed by atoms with Crippen LogP contribution in [0.3, 0.4) is 0 Å². The second-order valence-electron chi connectivity index (χ2n) is 3.39. The number of rotatable bonds is 2. The lowest BCUT2D eigenvalue weighted by Gasteiger charge is -2.06. The molecule has 0 aliphatic rings. The summed E-state index contributed by atoms with van der Waals surface area (Å²) in [6.45, 7) is 3.43. The molecule has 0 atom stereocenters. The van der Waals surface area contributed by atoms with E-state index in [1.165, 1.54) is 0 Å². The molecule has 0 saturated carbocycles. The van der Waals surface area contributed by atoms with Gasteiger partial charge in [0.05, 0.1) is 5.75 Å². The van der Waals surface area contributed by atoms with Gasteiger partial charge in [-0.15, -0.1) is 0 Å². The van der Waals surface area contributed by atoms with E-state index in [0.29, 0.717) is 16.7 Å². The quantitative estimate of drug-likeness (QED) is 0.765. The van der Waals surface area contributed by atoms with Crippen molar-refractivity contribution in [2.24, 2.45) is 5.14 Å². The number of hydrogen-bond acceptors (Lipinski definition) is 3. The fraction of sp³-hybridized carbons (Fsp3) is 0.333. The Hall–Kier alpha value is -1.07. The van der Waals surface area contributed by atoms with Crippen LogP contribution in [-0.2, 0) is 15.8 Å². The molecule has 1 aromatic carbocycles. The summed E-state index contributed by atoms with van der Waals surface area (Å²) in [5, 5.41) is 14.4. The van der Waals surface area contributed by atoms with Crippen LogP contribution < -0.4 is 5.14 Å². The zero-order valence-electron chi connectivity index (χ0n) is 8.11. The van der Waals surface area contributed by atoms with Crippen molar-refractivity contribution in [1.82, 2.24) is 0 Å². The van der Waals surface area contributed by atoms with Gasteiger partial charge in [-0.05, 0) is 30.5 Å². The molecule has 3 N–H and O–H groups in total. The molecule has 1 aromatic rings. The van der Waals surface area contributed by atoms with E-state index < -0.39 is 10.0 Å². The molecule has 0 spiro atoms. The lowest BCUT2D eigenvalue weighted by Crippen LogP contribution is -2.14. The average Bonchev–Trinajstić information content (AvgIpc) is 1.96. The number of benzene rings is 1. The maximum atomic E-state index is 10.8. The molecule has 1 rings (SSSR count). The fourth-order valence-corrected chi connectivity index (χ4v) is 1.99. The first-order valence-electron chi connectivity index (χ1n) is 4.09. The van der Waals surface area contributed by atoms with Crippen LogP contribution in [0.15, 0.2) is 12.1 Å². The van der Waals surface area contributed by atoms with E-state index in [1.807, 2.05) is 0 Å². The highest BCUT2D eigenvalue weighted by molar-refractivity contribution is 7.88. The average molecular weight is 215 g/mol. The maximum absolute atomic E-state index is 10.8. The topological polar surface area (TPSA) is 80.4 Å². The molecule has 0 amide bonds. The van der Waals surface area contributed by atoms with Gasteiger partial charge in [0.25, 0.3) is 0 Å². The van der Waals surface area contributed by atoms with Gasteiger partial charge in [-0.25, -0.2) is 13.6 Å². The molecular formula is C9H13NO3S. The SMILES string of the molecule is Cc1cc(CS(N)(=O)=O)cc(C)c1O. The highest BCUT2D eigenvalue weighted by Gasteiger charge is 2.08. The molecule has 78 valence electrons. The van der Waals surface area contributed by atoms with Crippen molar-refractivity contribution < 1.29 is 13.5 Å². The third-order valence-corrected chi connectivity index (χ3v) is 2.65. The summed E-state index contributed by atoms with van der Waals surface area (Å²) in [7, 11) is -3.51. The van der Waals surface area contributed by atoms with Crippen LogP contribution in [0, 0.1) is 13.8 Å². The van der Waals surface area contributed by atoms with Crippen LogP contribution in [-0.4, -0.2) is 13.5 Å². The van der Waals surface area contributed by atoms with Crippen molar-refractivity contribution in [3.63, 3.8) is 0 Å². The van der Waals surface area contributed by atoms with Crippen molar-refractivity contribution in [2.45, 2.75) is 19.6 Å². The van der Waals surface area contributed by atoms with E-state index in [2.05, 4.69) is 0 Å². The normalized spacial score (nSPS) is 11.6. The zero-order valence-corrected chi connectivity index (χ0v) is 8.93. The van der Waals surface area contributed by atoms with E-state index in [4.69, 9.17) is 5.14 Å². The van der Waals surface area contributed by atoms with Gasteiger partial charge < -0.3 is 5.11 Å². The van der Waals surface area contributed by atoms with Crippen molar-refractivity contribution in [3.05, 3.63) is 28.8 Å². The summed E-state index contributed by atoms with van der Waals surface area (Å²) in [6, 6.07) is 3.24. The van der Waals surface area contributed by atoms with Crippen LogP contribution in [0.4, 0.5) is 0 Å². The van der Waals surface area contributed by atoms with Gasteiger partial charge in [-0.1, -0.05) is 12.1 Å². The lowest BCUT2D eigenvalue weighted by atomic mass is 10.1. The maximum Gasteiger partial charge on any atom is 0.213 e. The molecule has 0 aliphatic carbocycles. The van der Waals surface area contributed by atoms with Gasteiger partial charge >= 0.3 is 0 Å². The molecule has 4 nitrogen and oxygen atoms in total. The Bertz CT molecular complexity index is 428. The standard InChI is InChI=1S/C9H13NO3S/c1-6-3-8(5-14(10,12)13)4-7(2)9(6)11/h3-4,11H,5H2,1-2H3,(H2,10,12,13). The Morgan fingerprint density at radius 1 is 1.29 bits per heavy atom. The molecule has 0 aromatic heterocycles. The number of aromatic hydroxyl groups is 1. The Kier molecular flexibility index (Phi) is 2.82. The number of aryl methyl sites for hydroxylation is 2. The Labute approximate surface area is 83.4 Å². The van der Waals surface area contributed by atoms with Crippen molar-refractivity contribution >= 4 is 10.0 Å². The largest absolute Gasteiger partial charge is 0.507 e. The van der Waals surface area contributed by atoms with Crippen molar-refractivity contribution in [1.29, 1.82) is 0 Å². The number of hydrogen-bond donors (Lipinski definition) is 2. The van der Waals surface area contributed by atoms with Gasteiger partial charge in [0.15, 0.2) is 0 Å².